The van der Waals surface area contributed by atoms with Gasteiger partial charge in [0, 0.05) is 19.4 Å². The quantitative estimate of drug-likeness (QED) is 0.0528. The number of hydrogen-bond donors (Lipinski definition) is 12. The molecule has 0 radical (unpaired) electrons. The zero-order valence-electron chi connectivity index (χ0n) is 24.9. The molecule has 0 bridgehead atoms. The Morgan fingerprint density at radius 1 is 0.956 bits per heavy atom. The second-order valence-electron chi connectivity index (χ2n) is 11.4. The molecule has 20 nitrogen and oxygen atoms in total. The summed E-state index contributed by atoms with van der Waals surface area (Å²) in [5.41, 5.74) is 28.8. The number of guanidine groups is 1. The Kier molecular flexibility index (Phi) is 13.2. The van der Waals surface area contributed by atoms with E-state index in [9.17, 15) is 40.2 Å². The Morgan fingerprint density at radius 3 is 2.18 bits per heavy atom. The molecule has 0 aromatic carbocycles. The van der Waals surface area contributed by atoms with Gasteiger partial charge >= 0.3 is 5.97 Å². The fourth-order valence-electron chi connectivity index (χ4n) is 5.50. The number of aliphatic hydroxyl groups is 6. The van der Waals surface area contributed by atoms with Gasteiger partial charge in [-0.25, -0.2) is 0 Å². The third-order valence-electron chi connectivity index (χ3n) is 7.89. The molecule has 3 fully saturated rings. The van der Waals surface area contributed by atoms with Crippen molar-refractivity contribution in [2.75, 3.05) is 13.1 Å². The van der Waals surface area contributed by atoms with E-state index >= 15 is 0 Å². The third-order valence-corrected chi connectivity index (χ3v) is 7.89. The molecule has 0 aromatic heterocycles. The lowest BCUT2D eigenvalue weighted by atomic mass is 9.83. The van der Waals surface area contributed by atoms with Crippen LogP contribution < -0.4 is 34.0 Å². The van der Waals surface area contributed by atoms with Crippen LogP contribution in [0.25, 0.3) is 0 Å². The lowest BCUT2D eigenvalue weighted by molar-refractivity contribution is -0.315. The smallest absolute Gasteiger partial charge is 0.303 e. The number of nitrogens with one attached hydrogen (secondary N) is 1. The summed E-state index contributed by atoms with van der Waals surface area (Å²) >= 11 is 0. The summed E-state index contributed by atoms with van der Waals surface area (Å²) in [5, 5.41) is 66.1. The Labute approximate surface area is 258 Å². The van der Waals surface area contributed by atoms with Crippen LogP contribution in [0.2, 0.25) is 0 Å². The number of nitrogens with two attached hydrogens (primary N) is 5. The van der Waals surface area contributed by atoms with Crippen molar-refractivity contribution in [3.63, 3.8) is 0 Å². The normalized spacial score (nSPS) is 41.6. The highest BCUT2D eigenvalue weighted by Crippen LogP contribution is 2.33. The van der Waals surface area contributed by atoms with Crippen molar-refractivity contribution in [2.45, 2.75) is 125 Å². The Hall–Kier alpha value is -2.31. The van der Waals surface area contributed by atoms with Crippen molar-refractivity contribution in [2.24, 2.45) is 33.7 Å². The molecular formula is C25H47N7O13. The summed E-state index contributed by atoms with van der Waals surface area (Å²) in [6, 6.07) is -3.54. The van der Waals surface area contributed by atoms with E-state index in [-0.39, 0.29) is 31.9 Å². The molecule has 2 saturated heterocycles. The molecule has 0 spiro atoms. The maximum absolute atomic E-state index is 13.0. The van der Waals surface area contributed by atoms with Gasteiger partial charge in [0.2, 0.25) is 0 Å². The molecule has 260 valence electrons. The van der Waals surface area contributed by atoms with Crippen LogP contribution in [0.15, 0.2) is 4.99 Å². The van der Waals surface area contributed by atoms with E-state index in [0.717, 1.165) is 6.92 Å². The van der Waals surface area contributed by atoms with Gasteiger partial charge in [-0.2, -0.15) is 0 Å². The van der Waals surface area contributed by atoms with Gasteiger partial charge < -0.3 is 88.3 Å². The summed E-state index contributed by atoms with van der Waals surface area (Å²) < 4.78 is 28.3. The largest absolute Gasteiger partial charge is 0.452 e. The molecule has 2 heterocycles. The van der Waals surface area contributed by atoms with Gasteiger partial charge in [-0.1, -0.05) is 0 Å². The summed E-state index contributed by atoms with van der Waals surface area (Å²) in [5.74, 6) is -1.80. The van der Waals surface area contributed by atoms with Crippen molar-refractivity contribution < 1.29 is 63.9 Å². The monoisotopic (exact) mass is 653 g/mol. The topological polar surface area (TPSA) is 356 Å². The second-order valence-corrected chi connectivity index (χ2v) is 11.4. The minimum absolute atomic E-state index is 0.00957. The Balaban J connectivity index is 1.88. The zero-order valence-corrected chi connectivity index (χ0v) is 24.9. The SMILES string of the molecule is CC(=O)O[C@@H](CCN)C(=O)N[C@@H]1CC(N)[C@@H](O[C@H]2OC([C@@H](C)O)[C@@H](O)C(O)C2N)C(O[C@@H]2O[C@H](CN=C(N)N)C(O)C2O)C1O. The van der Waals surface area contributed by atoms with E-state index in [4.69, 9.17) is 52.4 Å². The molecule has 3 aliphatic rings. The van der Waals surface area contributed by atoms with Crippen LogP contribution in [-0.4, -0.2) is 159 Å². The van der Waals surface area contributed by atoms with Crippen molar-refractivity contribution in [3.05, 3.63) is 0 Å². The summed E-state index contributed by atoms with van der Waals surface area (Å²) in [6.45, 7) is 2.21. The molecule has 1 saturated carbocycles. The highest BCUT2D eigenvalue weighted by Gasteiger charge is 2.53. The predicted octanol–water partition coefficient (Wildman–Crippen LogP) is -7.51. The van der Waals surface area contributed by atoms with Crippen LogP contribution in [0.5, 0.6) is 0 Å². The average Bonchev–Trinajstić information content (AvgIpc) is 3.23. The van der Waals surface area contributed by atoms with Gasteiger partial charge in [-0.3, -0.25) is 14.6 Å². The van der Waals surface area contributed by atoms with Gasteiger partial charge in [0.15, 0.2) is 24.6 Å². The van der Waals surface area contributed by atoms with Crippen LogP contribution >= 0.6 is 0 Å². The first-order valence-corrected chi connectivity index (χ1v) is 14.5. The standard InChI is InChI=1S/C25H47N7O13/c1-7(33)19-17(38)16(37)13(28)23(43-19)44-20-9(27)5-10(32-22(40)11(3-4-26)41-8(2)34)14(35)21(20)45-24-18(39)15(36)12(42-24)6-31-25(29)30/h7,9-21,23-24,33,35-39H,3-6,26-28H2,1-2H3,(H,32,40)(H4,29,30,31)/t7-,9?,10-,11+,12-,13?,14?,15?,16?,17+,18?,19?,20-,21?,23-,24+/m1/s1. The van der Waals surface area contributed by atoms with E-state index in [1.165, 1.54) is 6.92 Å². The molecule has 20 heteroatoms. The molecule has 8 unspecified atom stereocenters. The Morgan fingerprint density at radius 2 is 1.60 bits per heavy atom. The summed E-state index contributed by atoms with van der Waals surface area (Å²) in [4.78, 5) is 28.3. The summed E-state index contributed by atoms with van der Waals surface area (Å²) in [6.07, 6.45) is -19.0. The number of esters is 1. The number of aliphatic hydroxyl groups excluding tert-OH is 6. The van der Waals surface area contributed by atoms with E-state index in [2.05, 4.69) is 10.3 Å². The highest BCUT2D eigenvalue weighted by atomic mass is 16.7. The minimum atomic E-state index is -1.66. The summed E-state index contributed by atoms with van der Waals surface area (Å²) in [7, 11) is 0. The Bertz CT molecular complexity index is 1020. The van der Waals surface area contributed by atoms with E-state index < -0.39 is 110 Å². The third kappa shape index (κ3) is 8.94. The van der Waals surface area contributed by atoms with E-state index in [1.807, 2.05) is 0 Å². The van der Waals surface area contributed by atoms with Gasteiger partial charge in [0.1, 0.15) is 54.9 Å². The number of amides is 1. The van der Waals surface area contributed by atoms with Crippen molar-refractivity contribution in [3.8, 4) is 0 Å². The molecule has 45 heavy (non-hydrogen) atoms. The van der Waals surface area contributed by atoms with Gasteiger partial charge in [0.05, 0.1) is 24.7 Å². The van der Waals surface area contributed by atoms with Gasteiger partial charge in [-0.15, -0.1) is 0 Å². The van der Waals surface area contributed by atoms with Gasteiger partial charge in [-0.05, 0) is 19.9 Å². The number of rotatable bonds is 12. The van der Waals surface area contributed by atoms with Crippen molar-refractivity contribution in [1.82, 2.24) is 5.32 Å². The number of nitrogens with zero attached hydrogens (tertiary/aromatic N) is 1. The second kappa shape index (κ2) is 16.0. The number of hydrogen-bond acceptors (Lipinski definition) is 17. The number of aliphatic imine (C=N–C) groups is 1. The molecule has 17 N–H and O–H groups in total. The van der Waals surface area contributed by atoms with Crippen molar-refractivity contribution in [1.29, 1.82) is 0 Å². The van der Waals surface area contributed by atoms with Crippen LogP contribution in [0.1, 0.15) is 26.7 Å². The number of carbonyl (C=O) groups excluding carboxylic acids is 2. The van der Waals surface area contributed by atoms with Crippen LogP contribution in [0, 0.1) is 0 Å². The maximum atomic E-state index is 13.0. The number of ether oxygens (including phenoxy) is 5. The first-order chi connectivity index (χ1) is 21.1. The van der Waals surface area contributed by atoms with Crippen LogP contribution in [0.4, 0.5) is 0 Å². The minimum Gasteiger partial charge on any atom is -0.452 e. The van der Waals surface area contributed by atoms with Crippen molar-refractivity contribution >= 4 is 17.8 Å². The van der Waals surface area contributed by atoms with E-state index in [0.29, 0.717) is 0 Å². The zero-order chi connectivity index (χ0) is 33.7. The highest BCUT2D eigenvalue weighted by molar-refractivity contribution is 5.83. The fraction of sp³-hybridized carbons (Fsp3) is 0.880. The fourth-order valence-corrected chi connectivity index (χ4v) is 5.50. The van der Waals surface area contributed by atoms with Crippen LogP contribution in [0.3, 0.4) is 0 Å². The number of carbonyl (C=O) groups is 2. The van der Waals surface area contributed by atoms with E-state index in [1.54, 1.807) is 0 Å². The molecule has 3 rings (SSSR count). The molecule has 1 aliphatic carbocycles. The van der Waals surface area contributed by atoms with Gasteiger partial charge in [0.25, 0.3) is 5.91 Å². The maximum Gasteiger partial charge on any atom is 0.303 e. The first-order valence-electron chi connectivity index (χ1n) is 14.5. The average molecular weight is 654 g/mol. The molecule has 1 amide bonds. The first kappa shape index (κ1) is 37.2. The van der Waals surface area contributed by atoms with Crippen LogP contribution in [-0.2, 0) is 33.3 Å². The molecular weight excluding hydrogens is 606 g/mol. The molecule has 2 aliphatic heterocycles. The predicted molar refractivity (Wildman–Crippen MR) is 151 cm³/mol. The lowest BCUT2D eigenvalue weighted by Crippen LogP contribution is -2.69. The lowest BCUT2D eigenvalue weighted by Gasteiger charge is -2.48. The molecule has 16 atom stereocenters. The molecule has 0 aromatic rings.